The van der Waals surface area contributed by atoms with Crippen molar-refractivity contribution in [2.75, 3.05) is 13.1 Å². The number of nitrogens with zero attached hydrogens (tertiary/aromatic N) is 4. The zero-order valence-corrected chi connectivity index (χ0v) is 16.2. The molecule has 1 N–H and O–H groups in total. The average Bonchev–Trinajstić information content (AvgIpc) is 3.33. The van der Waals surface area contributed by atoms with Crippen molar-refractivity contribution < 1.29 is 14.4 Å². The highest BCUT2D eigenvalue weighted by Crippen LogP contribution is 2.49. The summed E-state index contributed by atoms with van der Waals surface area (Å²) in [7, 11) is 0. The van der Waals surface area contributed by atoms with Gasteiger partial charge < -0.3 is 14.5 Å². The molecular formula is C21H24N4O3. The largest absolute Gasteiger partial charge is 0.381 e. The lowest BCUT2D eigenvalue weighted by Crippen LogP contribution is -2.40. The van der Waals surface area contributed by atoms with Gasteiger partial charge >= 0.3 is 0 Å². The van der Waals surface area contributed by atoms with Gasteiger partial charge in [0.15, 0.2) is 5.82 Å². The maximum absolute atomic E-state index is 13.3. The van der Waals surface area contributed by atoms with Crippen molar-refractivity contribution in [1.82, 2.24) is 15.0 Å². The fourth-order valence-electron chi connectivity index (χ4n) is 3.85. The van der Waals surface area contributed by atoms with Crippen molar-refractivity contribution in [2.24, 2.45) is 0 Å². The van der Waals surface area contributed by atoms with E-state index in [0.29, 0.717) is 24.5 Å². The lowest BCUT2D eigenvalue weighted by atomic mass is 9.90. The van der Waals surface area contributed by atoms with E-state index in [1.807, 2.05) is 29.2 Å². The van der Waals surface area contributed by atoms with Crippen LogP contribution in [0.15, 0.2) is 28.8 Å². The third kappa shape index (κ3) is 3.29. The Morgan fingerprint density at radius 1 is 1.39 bits per heavy atom. The summed E-state index contributed by atoms with van der Waals surface area (Å²) in [4.78, 5) is 19.4. The smallest absolute Gasteiger partial charge is 0.258 e. The molecule has 1 aliphatic carbocycles. The van der Waals surface area contributed by atoms with Crippen LogP contribution in [0, 0.1) is 11.3 Å². The van der Waals surface area contributed by atoms with Crippen LogP contribution >= 0.6 is 0 Å². The van der Waals surface area contributed by atoms with Gasteiger partial charge in [0.25, 0.3) is 11.8 Å². The molecule has 28 heavy (non-hydrogen) atoms. The summed E-state index contributed by atoms with van der Waals surface area (Å²) in [5.74, 6) is 0.628. The van der Waals surface area contributed by atoms with Crippen molar-refractivity contribution in [1.29, 1.82) is 5.26 Å². The number of likely N-dealkylation sites (tertiary alicyclic amines) is 1. The normalized spacial score (nSPS) is 21.2. The van der Waals surface area contributed by atoms with E-state index < -0.39 is 11.0 Å². The van der Waals surface area contributed by atoms with Gasteiger partial charge in [-0.15, -0.1) is 0 Å². The Hall–Kier alpha value is -2.72. The predicted molar refractivity (Wildman–Crippen MR) is 100 cm³/mol. The molecule has 2 aromatic rings. The summed E-state index contributed by atoms with van der Waals surface area (Å²) in [6.45, 7) is 4.36. The van der Waals surface area contributed by atoms with Crippen molar-refractivity contribution in [2.45, 2.75) is 56.5 Å². The summed E-state index contributed by atoms with van der Waals surface area (Å²) in [6.07, 6.45) is 3.31. The highest BCUT2D eigenvalue weighted by molar-refractivity contribution is 5.96. The van der Waals surface area contributed by atoms with Crippen LogP contribution in [0.1, 0.15) is 73.1 Å². The molecule has 0 radical (unpaired) electrons. The highest BCUT2D eigenvalue weighted by atomic mass is 16.5. The number of hydrogen-bond acceptors (Lipinski definition) is 6. The molecule has 1 atom stereocenters. The first-order valence-electron chi connectivity index (χ1n) is 9.70. The highest BCUT2D eigenvalue weighted by Gasteiger charge is 2.47. The van der Waals surface area contributed by atoms with Crippen LogP contribution in [0.5, 0.6) is 0 Å². The van der Waals surface area contributed by atoms with Crippen LogP contribution in [0.2, 0.25) is 0 Å². The Morgan fingerprint density at radius 3 is 2.79 bits per heavy atom. The molecule has 7 nitrogen and oxygen atoms in total. The van der Waals surface area contributed by atoms with E-state index in [-0.39, 0.29) is 17.7 Å². The minimum absolute atomic E-state index is 0.0319. The van der Waals surface area contributed by atoms with Gasteiger partial charge in [-0.1, -0.05) is 23.4 Å². The molecule has 1 saturated heterocycles. The van der Waals surface area contributed by atoms with E-state index in [1.165, 1.54) is 0 Å². The maximum Gasteiger partial charge on any atom is 0.258 e. The number of rotatable bonds is 4. The minimum Gasteiger partial charge on any atom is -0.381 e. The number of carbonyl (C=O) groups is 1. The molecule has 7 heteroatoms. The molecule has 2 heterocycles. The van der Waals surface area contributed by atoms with Gasteiger partial charge in [-0.25, -0.2) is 0 Å². The second-order valence-electron chi connectivity index (χ2n) is 8.35. The Labute approximate surface area is 164 Å². The number of hydrogen-bond donors (Lipinski definition) is 1. The Balaban J connectivity index is 1.55. The second-order valence-corrected chi connectivity index (χ2v) is 8.35. The molecule has 0 bridgehead atoms. The lowest BCUT2D eigenvalue weighted by molar-refractivity contribution is 0.0420. The summed E-state index contributed by atoms with van der Waals surface area (Å²) in [5, 5.41) is 23.6. The number of nitriles is 1. The van der Waals surface area contributed by atoms with Crippen LogP contribution < -0.4 is 0 Å². The number of aliphatic hydroxyl groups is 1. The Bertz CT molecular complexity index is 934. The van der Waals surface area contributed by atoms with Gasteiger partial charge in [-0.05, 0) is 51.2 Å². The standard InChI is InChI=1S/C21H24N4O3/c1-20(2,27)19-23-17(24-28-19)14-6-5-11-25(12-14)18(26)15-7-3-4-8-16(15)21(13-22)9-10-21/h3-4,7-8,14,27H,5-6,9-12H2,1-2H3. The molecule has 0 spiro atoms. The first-order valence-corrected chi connectivity index (χ1v) is 9.70. The van der Waals surface area contributed by atoms with Crippen molar-refractivity contribution >= 4 is 5.91 Å². The zero-order valence-electron chi connectivity index (χ0n) is 16.2. The number of carbonyl (C=O) groups excluding carboxylic acids is 1. The SMILES string of the molecule is CC(C)(O)c1nc(C2CCCN(C(=O)c3ccccc3C3(C#N)CC3)C2)no1. The third-order valence-electron chi connectivity index (χ3n) is 5.68. The van der Waals surface area contributed by atoms with Crippen LogP contribution in [-0.4, -0.2) is 39.1 Å². The molecule has 2 aliphatic rings. The Morgan fingerprint density at radius 2 is 2.14 bits per heavy atom. The molecule has 1 aromatic carbocycles. The van der Waals surface area contributed by atoms with Crippen LogP contribution in [0.4, 0.5) is 0 Å². The van der Waals surface area contributed by atoms with Gasteiger partial charge in [0, 0.05) is 24.6 Å². The van der Waals surface area contributed by atoms with Crippen molar-refractivity contribution in [3.63, 3.8) is 0 Å². The number of aromatic nitrogens is 2. The molecule has 1 saturated carbocycles. The van der Waals surface area contributed by atoms with E-state index in [4.69, 9.17) is 4.52 Å². The fraction of sp³-hybridized carbons (Fsp3) is 0.524. The second kappa shape index (κ2) is 6.71. The molecule has 2 fully saturated rings. The zero-order chi connectivity index (χ0) is 19.9. The predicted octanol–water partition coefficient (Wildman–Crippen LogP) is 2.87. The molecule has 1 aromatic heterocycles. The Kier molecular flexibility index (Phi) is 4.47. The summed E-state index contributed by atoms with van der Waals surface area (Å²) in [5.41, 5.74) is -0.234. The van der Waals surface area contributed by atoms with Gasteiger partial charge in [0.2, 0.25) is 0 Å². The van der Waals surface area contributed by atoms with Gasteiger partial charge in [0.1, 0.15) is 5.60 Å². The van der Waals surface area contributed by atoms with E-state index in [1.54, 1.807) is 13.8 Å². The monoisotopic (exact) mass is 380 g/mol. The van der Waals surface area contributed by atoms with Crippen LogP contribution in [-0.2, 0) is 11.0 Å². The van der Waals surface area contributed by atoms with Crippen LogP contribution in [0.3, 0.4) is 0 Å². The number of piperidine rings is 1. The van der Waals surface area contributed by atoms with E-state index in [0.717, 1.165) is 31.2 Å². The van der Waals surface area contributed by atoms with E-state index in [2.05, 4.69) is 16.2 Å². The summed E-state index contributed by atoms with van der Waals surface area (Å²) < 4.78 is 5.20. The molecule has 1 unspecified atom stereocenters. The average molecular weight is 380 g/mol. The van der Waals surface area contributed by atoms with Gasteiger partial charge in [0.05, 0.1) is 11.5 Å². The summed E-state index contributed by atoms with van der Waals surface area (Å²) >= 11 is 0. The number of amides is 1. The number of benzene rings is 1. The first-order chi connectivity index (χ1) is 13.3. The van der Waals surface area contributed by atoms with E-state index in [9.17, 15) is 15.2 Å². The van der Waals surface area contributed by atoms with E-state index >= 15 is 0 Å². The fourth-order valence-corrected chi connectivity index (χ4v) is 3.85. The van der Waals surface area contributed by atoms with Crippen molar-refractivity contribution in [3.8, 4) is 6.07 Å². The maximum atomic E-state index is 13.3. The first kappa shape index (κ1) is 18.6. The minimum atomic E-state index is -1.19. The molecule has 1 aliphatic heterocycles. The molecule has 4 rings (SSSR count). The third-order valence-corrected chi connectivity index (χ3v) is 5.68. The molecule has 1 amide bonds. The topological polar surface area (TPSA) is 103 Å². The quantitative estimate of drug-likeness (QED) is 0.875. The van der Waals surface area contributed by atoms with Gasteiger partial charge in [-0.3, -0.25) is 4.79 Å². The molecule has 146 valence electrons. The lowest BCUT2D eigenvalue weighted by Gasteiger charge is -2.32. The van der Waals surface area contributed by atoms with Crippen LogP contribution in [0.25, 0.3) is 0 Å². The van der Waals surface area contributed by atoms with Gasteiger partial charge in [-0.2, -0.15) is 10.2 Å². The molecular weight excluding hydrogens is 356 g/mol. The summed E-state index contributed by atoms with van der Waals surface area (Å²) in [6, 6.07) is 9.85. The van der Waals surface area contributed by atoms with Crippen molar-refractivity contribution in [3.05, 3.63) is 47.1 Å².